The van der Waals surface area contributed by atoms with Gasteiger partial charge in [-0.3, -0.25) is 0 Å². The number of nitrogens with zero attached hydrogens (tertiary/aromatic N) is 1. The van der Waals surface area contributed by atoms with Crippen LogP contribution in [0.1, 0.15) is 22.3 Å². The third-order valence-electron chi connectivity index (χ3n) is 10.9. The van der Waals surface area contributed by atoms with Crippen LogP contribution in [-0.4, -0.2) is 0 Å². The summed E-state index contributed by atoms with van der Waals surface area (Å²) in [6.07, 6.45) is 0. The maximum atomic E-state index is 6.80. The van der Waals surface area contributed by atoms with Crippen LogP contribution in [0.15, 0.2) is 192 Å². The third-order valence-corrected chi connectivity index (χ3v) is 10.9. The van der Waals surface area contributed by atoms with Crippen LogP contribution < -0.4 is 9.64 Å². The Morgan fingerprint density at radius 1 is 0.404 bits per heavy atom. The standard InChI is InChI=1S/C49H31NO2/c1-3-14-32(15-4-1)33-26-28-35(29-27-33)50(34-16-5-2-6-17-34)43-22-13-25-46-48(43)38-30-42-37(31-47(38)52-46)36-18-7-8-19-39(36)49(42)40-20-9-11-23-44(40)51-45-24-12-10-21-41(45)49/h1-31H. The SMILES string of the molecule is c1ccc(-c2ccc(N(c3ccccc3)c3cccc4oc5cc6c(cc5c34)C3(c4ccccc4Oc4ccccc43)c3ccccc3-6)cc2)cc1. The average Bonchev–Trinajstić information content (AvgIpc) is 3.72. The normalized spacial score (nSPS) is 13.3. The van der Waals surface area contributed by atoms with Crippen molar-refractivity contribution >= 4 is 39.0 Å². The maximum Gasteiger partial charge on any atom is 0.137 e. The highest BCUT2D eigenvalue weighted by atomic mass is 16.5. The summed E-state index contributed by atoms with van der Waals surface area (Å²) in [6, 6.07) is 66.9. The van der Waals surface area contributed by atoms with Gasteiger partial charge in [-0.15, -0.1) is 0 Å². The van der Waals surface area contributed by atoms with Crippen molar-refractivity contribution in [3.8, 4) is 33.8 Å². The van der Waals surface area contributed by atoms with Gasteiger partial charge in [0.1, 0.15) is 22.7 Å². The van der Waals surface area contributed by atoms with E-state index < -0.39 is 5.41 Å². The zero-order valence-electron chi connectivity index (χ0n) is 28.2. The second-order valence-corrected chi connectivity index (χ2v) is 13.6. The minimum atomic E-state index is -0.559. The predicted molar refractivity (Wildman–Crippen MR) is 211 cm³/mol. The Balaban J connectivity index is 1.19. The van der Waals surface area contributed by atoms with Crippen LogP contribution >= 0.6 is 0 Å². The quantitative estimate of drug-likeness (QED) is 0.187. The molecule has 0 fully saturated rings. The number of fused-ring (bicyclic) bond motifs is 12. The highest BCUT2D eigenvalue weighted by Gasteiger charge is 2.51. The van der Waals surface area contributed by atoms with Crippen LogP contribution in [0.4, 0.5) is 17.1 Å². The summed E-state index contributed by atoms with van der Waals surface area (Å²) >= 11 is 0. The molecule has 9 aromatic rings. The van der Waals surface area contributed by atoms with E-state index in [1.165, 1.54) is 33.4 Å². The summed E-state index contributed by atoms with van der Waals surface area (Å²) in [5.41, 5.74) is 14.0. The molecule has 0 unspecified atom stereocenters. The fourth-order valence-electron chi connectivity index (χ4n) is 8.78. The summed E-state index contributed by atoms with van der Waals surface area (Å²) in [5.74, 6) is 1.77. The van der Waals surface area contributed by atoms with Gasteiger partial charge in [-0.05, 0) is 94.0 Å². The fourth-order valence-corrected chi connectivity index (χ4v) is 8.78. The monoisotopic (exact) mass is 665 g/mol. The van der Waals surface area contributed by atoms with Crippen molar-refractivity contribution in [3.63, 3.8) is 0 Å². The van der Waals surface area contributed by atoms with Crippen molar-refractivity contribution in [3.05, 3.63) is 210 Å². The minimum Gasteiger partial charge on any atom is -0.457 e. The highest BCUT2D eigenvalue weighted by molar-refractivity contribution is 6.15. The van der Waals surface area contributed by atoms with Crippen LogP contribution in [-0.2, 0) is 5.41 Å². The first-order valence-corrected chi connectivity index (χ1v) is 17.8. The van der Waals surface area contributed by atoms with Crippen LogP contribution in [0.2, 0.25) is 0 Å². The van der Waals surface area contributed by atoms with Crippen LogP contribution in [0.3, 0.4) is 0 Å². The Hall–Kier alpha value is -6.84. The molecule has 0 saturated heterocycles. The van der Waals surface area contributed by atoms with E-state index in [9.17, 15) is 0 Å². The van der Waals surface area contributed by atoms with Gasteiger partial charge in [-0.1, -0.05) is 127 Å². The van der Waals surface area contributed by atoms with Gasteiger partial charge in [0.05, 0.1) is 16.5 Å². The molecule has 1 spiro atoms. The van der Waals surface area contributed by atoms with E-state index in [4.69, 9.17) is 9.15 Å². The van der Waals surface area contributed by atoms with Gasteiger partial charge in [0.15, 0.2) is 0 Å². The molecule has 0 atom stereocenters. The molecule has 1 aromatic heterocycles. The molecule has 11 rings (SSSR count). The molecular formula is C49H31NO2. The third kappa shape index (κ3) is 4.02. The van der Waals surface area contributed by atoms with E-state index in [0.29, 0.717) is 0 Å². The lowest BCUT2D eigenvalue weighted by molar-refractivity contribution is 0.436. The van der Waals surface area contributed by atoms with E-state index in [2.05, 4.69) is 193 Å². The Bertz CT molecular complexity index is 2770. The van der Waals surface area contributed by atoms with Crippen LogP contribution in [0.25, 0.3) is 44.2 Å². The molecule has 1 aliphatic heterocycles. The molecule has 0 amide bonds. The van der Waals surface area contributed by atoms with Gasteiger partial charge < -0.3 is 14.1 Å². The van der Waals surface area contributed by atoms with Gasteiger partial charge in [0.25, 0.3) is 0 Å². The maximum absolute atomic E-state index is 6.80. The van der Waals surface area contributed by atoms with E-state index >= 15 is 0 Å². The van der Waals surface area contributed by atoms with Crippen molar-refractivity contribution < 1.29 is 9.15 Å². The molecule has 2 aliphatic rings. The summed E-state index contributed by atoms with van der Waals surface area (Å²) in [4.78, 5) is 2.35. The second-order valence-electron chi connectivity index (χ2n) is 13.6. The van der Waals surface area contributed by atoms with E-state index in [1.54, 1.807) is 0 Å². The molecule has 3 nitrogen and oxygen atoms in total. The molecule has 244 valence electrons. The largest absolute Gasteiger partial charge is 0.457 e. The van der Waals surface area contributed by atoms with Gasteiger partial charge in [-0.2, -0.15) is 0 Å². The number of hydrogen-bond donors (Lipinski definition) is 0. The van der Waals surface area contributed by atoms with Gasteiger partial charge >= 0.3 is 0 Å². The van der Waals surface area contributed by atoms with E-state index in [0.717, 1.165) is 61.6 Å². The first-order valence-electron chi connectivity index (χ1n) is 17.8. The molecule has 0 saturated carbocycles. The Labute approximate surface area is 301 Å². The molecule has 2 heterocycles. The molecular weight excluding hydrogens is 635 g/mol. The average molecular weight is 666 g/mol. The number of benzene rings is 8. The van der Waals surface area contributed by atoms with Crippen LogP contribution in [0.5, 0.6) is 11.5 Å². The number of anilines is 3. The molecule has 52 heavy (non-hydrogen) atoms. The summed E-state index contributed by atoms with van der Waals surface area (Å²) in [5, 5.41) is 2.16. The summed E-state index contributed by atoms with van der Waals surface area (Å²) in [6.45, 7) is 0. The minimum absolute atomic E-state index is 0.559. The predicted octanol–water partition coefficient (Wildman–Crippen LogP) is 13.2. The number of furan rings is 1. The lowest BCUT2D eigenvalue weighted by Crippen LogP contribution is -2.32. The van der Waals surface area contributed by atoms with E-state index in [1.807, 2.05) is 0 Å². The van der Waals surface area contributed by atoms with Gasteiger partial charge in [0, 0.05) is 27.9 Å². The highest BCUT2D eigenvalue weighted by Crippen LogP contribution is 2.63. The number of para-hydroxylation sites is 3. The molecule has 8 aromatic carbocycles. The van der Waals surface area contributed by atoms with Crippen LogP contribution in [0, 0.1) is 0 Å². The zero-order chi connectivity index (χ0) is 34.2. The summed E-state index contributed by atoms with van der Waals surface area (Å²) < 4.78 is 13.4. The number of rotatable bonds is 4. The van der Waals surface area contributed by atoms with Crippen molar-refractivity contribution in [2.24, 2.45) is 0 Å². The van der Waals surface area contributed by atoms with Crippen molar-refractivity contribution in [1.29, 1.82) is 0 Å². The van der Waals surface area contributed by atoms with Crippen molar-refractivity contribution in [2.45, 2.75) is 5.41 Å². The molecule has 0 radical (unpaired) electrons. The fraction of sp³-hybridized carbons (Fsp3) is 0.0204. The number of hydrogen-bond acceptors (Lipinski definition) is 3. The van der Waals surface area contributed by atoms with E-state index in [-0.39, 0.29) is 0 Å². The molecule has 0 bridgehead atoms. The topological polar surface area (TPSA) is 25.6 Å². The second kappa shape index (κ2) is 11.1. The smallest absolute Gasteiger partial charge is 0.137 e. The molecule has 3 heteroatoms. The van der Waals surface area contributed by atoms with Crippen molar-refractivity contribution in [1.82, 2.24) is 0 Å². The Morgan fingerprint density at radius 3 is 1.73 bits per heavy atom. The summed E-state index contributed by atoms with van der Waals surface area (Å²) in [7, 11) is 0. The lowest BCUT2D eigenvalue weighted by atomic mass is 9.66. The first kappa shape index (κ1) is 28.9. The Morgan fingerprint density at radius 2 is 1.00 bits per heavy atom. The molecule has 1 aliphatic carbocycles. The Kier molecular flexibility index (Phi) is 6.17. The van der Waals surface area contributed by atoms with Crippen molar-refractivity contribution in [2.75, 3.05) is 4.90 Å². The van der Waals surface area contributed by atoms with Gasteiger partial charge in [0.2, 0.25) is 0 Å². The number of ether oxygens (including phenoxy) is 1. The lowest BCUT2D eigenvalue weighted by Gasteiger charge is -2.39. The van der Waals surface area contributed by atoms with Gasteiger partial charge in [-0.25, -0.2) is 0 Å². The molecule has 0 N–H and O–H groups in total. The zero-order valence-corrected chi connectivity index (χ0v) is 28.2. The first-order chi connectivity index (χ1) is 25.8.